The highest BCUT2D eigenvalue weighted by atomic mass is 32.2. The number of rotatable bonds is 3. The number of hydrogen-bond acceptors (Lipinski definition) is 3. The molecule has 0 aliphatic rings. The van der Waals surface area contributed by atoms with Gasteiger partial charge in [-0.3, -0.25) is 0 Å². The van der Waals surface area contributed by atoms with Crippen molar-refractivity contribution in [1.82, 2.24) is 0 Å². The van der Waals surface area contributed by atoms with Crippen LogP contribution in [0, 0.1) is 0 Å². The van der Waals surface area contributed by atoms with Crippen molar-refractivity contribution in [3.05, 3.63) is 24.3 Å². The van der Waals surface area contributed by atoms with Gasteiger partial charge in [-0.2, -0.15) is 0 Å². The molecular formula is C10H11F3O3S. The summed E-state index contributed by atoms with van der Waals surface area (Å²) < 4.78 is 62.9. The molecule has 0 fully saturated rings. The molecule has 0 N–H and O–H groups in total. The molecule has 0 spiro atoms. The molecule has 0 aliphatic heterocycles. The Kier molecular flexibility index (Phi) is 3.71. The van der Waals surface area contributed by atoms with Crippen LogP contribution >= 0.6 is 0 Å². The number of alkyl halides is 3. The van der Waals surface area contributed by atoms with Gasteiger partial charge in [-0.1, -0.05) is 6.07 Å². The molecule has 1 aromatic rings. The fourth-order valence-corrected chi connectivity index (χ4v) is 2.21. The van der Waals surface area contributed by atoms with Gasteiger partial charge in [-0.05, 0) is 32.0 Å². The molecule has 17 heavy (non-hydrogen) atoms. The molecule has 96 valence electrons. The SMILES string of the molecule is CC(C)S(=O)(=O)c1cccc(OC(F)(F)F)c1. The molecule has 0 bridgehead atoms. The van der Waals surface area contributed by atoms with Gasteiger partial charge < -0.3 is 4.74 Å². The van der Waals surface area contributed by atoms with Crippen LogP contribution in [0.5, 0.6) is 5.75 Å². The Morgan fingerprint density at radius 1 is 1.24 bits per heavy atom. The third-order valence-corrected chi connectivity index (χ3v) is 4.14. The first-order valence-corrected chi connectivity index (χ1v) is 6.27. The molecule has 1 aromatic carbocycles. The molecule has 0 atom stereocenters. The second kappa shape index (κ2) is 4.56. The van der Waals surface area contributed by atoms with Crippen LogP contribution in [0.3, 0.4) is 0 Å². The van der Waals surface area contributed by atoms with Crippen LogP contribution in [0.4, 0.5) is 13.2 Å². The first-order valence-electron chi connectivity index (χ1n) is 4.72. The second-order valence-electron chi connectivity index (χ2n) is 3.62. The van der Waals surface area contributed by atoms with Crippen LogP contribution in [0.25, 0.3) is 0 Å². The molecule has 0 unspecified atom stereocenters. The molecule has 0 heterocycles. The Morgan fingerprint density at radius 3 is 2.29 bits per heavy atom. The highest BCUT2D eigenvalue weighted by Gasteiger charge is 2.31. The maximum Gasteiger partial charge on any atom is 0.573 e. The van der Waals surface area contributed by atoms with Gasteiger partial charge in [0.2, 0.25) is 0 Å². The molecule has 0 amide bonds. The fourth-order valence-electron chi connectivity index (χ4n) is 1.12. The van der Waals surface area contributed by atoms with E-state index < -0.39 is 27.2 Å². The Balaban J connectivity index is 3.11. The Labute approximate surface area is 97.1 Å². The predicted octanol–water partition coefficient (Wildman–Crippen LogP) is 2.77. The third kappa shape index (κ3) is 3.62. The fraction of sp³-hybridized carbons (Fsp3) is 0.400. The number of sulfone groups is 1. The van der Waals surface area contributed by atoms with E-state index in [4.69, 9.17) is 0 Å². The Hall–Kier alpha value is -1.24. The van der Waals surface area contributed by atoms with Crippen LogP contribution in [0.15, 0.2) is 29.2 Å². The van der Waals surface area contributed by atoms with Gasteiger partial charge in [0.15, 0.2) is 9.84 Å². The summed E-state index contributed by atoms with van der Waals surface area (Å²) in [7, 11) is -3.60. The number of benzene rings is 1. The van der Waals surface area contributed by atoms with E-state index in [1.807, 2.05) is 0 Å². The van der Waals surface area contributed by atoms with Crippen LogP contribution in [-0.2, 0) is 9.84 Å². The van der Waals surface area contributed by atoms with Gasteiger partial charge in [-0.25, -0.2) is 8.42 Å². The zero-order valence-electron chi connectivity index (χ0n) is 9.15. The van der Waals surface area contributed by atoms with Crippen molar-refractivity contribution in [2.75, 3.05) is 0 Å². The summed E-state index contributed by atoms with van der Waals surface area (Å²) in [5.74, 6) is -0.542. The molecule has 1 rings (SSSR count). The van der Waals surface area contributed by atoms with E-state index >= 15 is 0 Å². The van der Waals surface area contributed by atoms with E-state index in [9.17, 15) is 21.6 Å². The average Bonchev–Trinajstić information content (AvgIpc) is 2.15. The first-order chi connectivity index (χ1) is 7.63. The Bertz CT molecular complexity index is 492. The van der Waals surface area contributed by atoms with E-state index in [0.717, 1.165) is 12.1 Å². The first kappa shape index (κ1) is 13.8. The predicted molar refractivity (Wildman–Crippen MR) is 55.4 cm³/mol. The van der Waals surface area contributed by atoms with Gasteiger partial charge in [-0.15, -0.1) is 13.2 Å². The lowest BCUT2D eigenvalue weighted by Gasteiger charge is -2.11. The van der Waals surface area contributed by atoms with E-state index in [2.05, 4.69) is 4.74 Å². The summed E-state index contributed by atoms with van der Waals surface area (Å²) in [6.45, 7) is 2.90. The summed E-state index contributed by atoms with van der Waals surface area (Å²) in [6.07, 6.45) is -4.83. The normalized spacial score (nSPS) is 12.8. The maximum atomic E-state index is 12.0. The minimum absolute atomic E-state index is 0.186. The van der Waals surface area contributed by atoms with Gasteiger partial charge >= 0.3 is 6.36 Å². The van der Waals surface area contributed by atoms with Crippen LogP contribution in [-0.4, -0.2) is 20.0 Å². The van der Waals surface area contributed by atoms with E-state index in [0.29, 0.717) is 0 Å². The molecular weight excluding hydrogens is 257 g/mol. The van der Waals surface area contributed by atoms with Crippen LogP contribution < -0.4 is 4.74 Å². The highest BCUT2D eigenvalue weighted by molar-refractivity contribution is 7.92. The van der Waals surface area contributed by atoms with Crippen molar-refractivity contribution in [1.29, 1.82) is 0 Å². The van der Waals surface area contributed by atoms with Crippen molar-refractivity contribution in [3.8, 4) is 5.75 Å². The lowest BCUT2D eigenvalue weighted by atomic mass is 10.3. The van der Waals surface area contributed by atoms with Crippen molar-refractivity contribution in [3.63, 3.8) is 0 Å². The zero-order chi connectivity index (χ0) is 13.3. The minimum Gasteiger partial charge on any atom is -0.406 e. The van der Waals surface area contributed by atoms with Crippen molar-refractivity contribution in [2.24, 2.45) is 0 Å². The number of ether oxygens (including phenoxy) is 1. The molecule has 0 saturated heterocycles. The largest absolute Gasteiger partial charge is 0.573 e. The lowest BCUT2D eigenvalue weighted by molar-refractivity contribution is -0.274. The van der Waals surface area contributed by atoms with E-state index in [1.54, 1.807) is 0 Å². The summed E-state index contributed by atoms with van der Waals surface area (Å²) >= 11 is 0. The van der Waals surface area contributed by atoms with Crippen molar-refractivity contribution >= 4 is 9.84 Å². The van der Waals surface area contributed by atoms with E-state index in [1.165, 1.54) is 26.0 Å². The second-order valence-corrected chi connectivity index (χ2v) is 6.12. The quantitative estimate of drug-likeness (QED) is 0.846. The zero-order valence-corrected chi connectivity index (χ0v) is 9.97. The van der Waals surface area contributed by atoms with Crippen molar-refractivity contribution < 1.29 is 26.3 Å². The van der Waals surface area contributed by atoms with Gasteiger partial charge in [0, 0.05) is 0 Å². The van der Waals surface area contributed by atoms with Gasteiger partial charge in [0.25, 0.3) is 0 Å². The average molecular weight is 268 g/mol. The van der Waals surface area contributed by atoms with Gasteiger partial charge in [0.1, 0.15) is 5.75 Å². The Morgan fingerprint density at radius 2 is 1.82 bits per heavy atom. The molecule has 7 heteroatoms. The number of halogens is 3. The van der Waals surface area contributed by atoms with Gasteiger partial charge in [0.05, 0.1) is 10.1 Å². The lowest BCUT2D eigenvalue weighted by Crippen LogP contribution is -2.18. The molecule has 0 saturated carbocycles. The van der Waals surface area contributed by atoms with E-state index in [-0.39, 0.29) is 4.90 Å². The topological polar surface area (TPSA) is 43.4 Å². The monoisotopic (exact) mass is 268 g/mol. The van der Waals surface area contributed by atoms with Crippen molar-refractivity contribution in [2.45, 2.75) is 30.4 Å². The molecule has 0 radical (unpaired) electrons. The van der Waals surface area contributed by atoms with Crippen LogP contribution in [0.2, 0.25) is 0 Å². The molecule has 3 nitrogen and oxygen atoms in total. The maximum absolute atomic E-state index is 12.0. The summed E-state index contributed by atoms with van der Waals surface area (Å²) in [5, 5.41) is -0.705. The number of hydrogen-bond donors (Lipinski definition) is 0. The molecule has 0 aromatic heterocycles. The smallest absolute Gasteiger partial charge is 0.406 e. The molecule has 0 aliphatic carbocycles. The van der Waals surface area contributed by atoms with Crippen LogP contribution in [0.1, 0.15) is 13.8 Å². The standard InChI is InChI=1S/C10H11F3O3S/c1-7(2)17(14,15)9-5-3-4-8(6-9)16-10(11,12)13/h3-7H,1-2H3. The minimum atomic E-state index is -4.83. The summed E-state index contributed by atoms with van der Waals surface area (Å²) in [5.41, 5.74) is 0. The third-order valence-electron chi connectivity index (χ3n) is 1.99. The highest BCUT2D eigenvalue weighted by Crippen LogP contribution is 2.26. The summed E-state index contributed by atoms with van der Waals surface area (Å²) in [6, 6.07) is 4.35. The summed E-state index contributed by atoms with van der Waals surface area (Å²) in [4.78, 5) is -0.186.